The SMILES string of the molecule is CC(=O)c1ccnc(Oc2ccc(C(=O)N[C@@H]3C4CCN(CC4)[C@H]3C)cc2)c1. The van der Waals surface area contributed by atoms with Crippen molar-refractivity contribution in [2.45, 2.75) is 38.8 Å². The number of carbonyl (C=O) groups is 2. The molecule has 1 amide bonds. The minimum atomic E-state index is -0.0474. The quantitative estimate of drug-likeness (QED) is 0.807. The van der Waals surface area contributed by atoms with Gasteiger partial charge in [0, 0.05) is 35.5 Å². The van der Waals surface area contributed by atoms with E-state index in [1.807, 2.05) is 0 Å². The predicted octanol–water partition coefficient (Wildman–Crippen LogP) is 3.29. The average Bonchev–Trinajstić information content (AvgIpc) is 2.71. The number of hydrogen-bond donors (Lipinski definition) is 1. The van der Waals surface area contributed by atoms with E-state index < -0.39 is 0 Å². The number of benzene rings is 1. The summed E-state index contributed by atoms with van der Waals surface area (Å²) in [6, 6.07) is 10.9. The molecule has 3 aliphatic heterocycles. The average molecular weight is 379 g/mol. The lowest BCUT2D eigenvalue weighted by Crippen LogP contribution is -2.62. The molecule has 1 N–H and O–H groups in total. The van der Waals surface area contributed by atoms with Gasteiger partial charge in [-0.3, -0.25) is 14.5 Å². The first-order valence-electron chi connectivity index (χ1n) is 9.81. The maximum atomic E-state index is 12.7. The lowest BCUT2D eigenvalue weighted by atomic mass is 9.79. The van der Waals surface area contributed by atoms with E-state index >= 15 is 0 Å². The van der Waals surface area contributed by atoms with Gasteiger partial charge in [-0.1, -0.05) is 0 Å². The number of piperidine rings is 3. The first kappa shape index (κ1) is 18.6. The fraction of sp³-hybridized carbons (Fsp3) is 0.409. The number of ketones is 1. The van der Waals surface area contributed by atoms with Gasteiger partial charge < -0.3 is 10.1 Å². The summed E-state index contributed by atoms with van der Waals surface area (Å²) in [6.07, 6.45) is 3.87. The number of ether oxygens (including phenoxy) is 1. The molecule has 1 aromatic carbocycles. The molecule has 5 rings (SSSR count). The molecular formula is C22H25N3O3. The zero-order chi connectivity index (χ0) is 19.7. The first-order chi connectivity index (χ1) is 13.5. The summed E-state index contributed by atoms with van der Waals surface area (Å²) >= 11 is 0. The molecule has 0 unspecified atom stereocenters. The fourth-order valence-electron chi connectivity index (χ4n) is 4.26. The molecule has 146 valence electrons. The van der Waals surface area contributed by atoms with Crippen LogP contribution in [0.1, 0.15) is 47.4 Å². The Labute approximate surface area is 164 Å². The monoisotopic (exact) mass is 379 g/mol. The number of aromatic nitrogens is 1. The second kappa shape index (κ2) is 7.72. The summed E-state index contributed by atoms with van der Waals surface area (Å²) in [5.41, 5.74) is 1.16. The molecule has 2 atom stereocenters. The Bertz CT molecular complexity index is 871. The van der Waals surface area contributed by atoms with E-state index in [9.17, 15) is 9.59 Å². The minimum Gasteiger partial charge on any atom is -0.439 e. The molecule has 6 nitrogen and oxygen atoms in total. The van der Waals surface area contributed by atoms with E-state index in [4.69, 9.17) is 4.74 Å². The maximum absolute atomic E-state index is 12.7. The van der Waals surface area contributed by atoms with Gasteiger partial charge in [0.1, 0.15) is 5.75 Å². The van der Waals surface area contributed by atoms with Crippen LogP contribution in [0, 0.1) is 5.92 Å². The van der Waals surface area contributed by atoms with Crippen LogP contribution in [-0.4, -0.2) is 46.7 Å². The second-order valence-corrected chi connectivity index (χ2v) is 7.68. The molecule has 0 saturated carbocycles. The van der Waals surface area contributed by atoms with E-state index in [1.54, 1.807) is 42.6 Å². The molecule has 6 heteroatoms. The van der Waals surface area contributed by atoms with Crippen molar-refractivity contribution < 1.29 is 14.3 Å². The summed E-state index contributed by atoms with van der Waals surface area (Å²) in [4.78, 5) is 30.8. The van der Waals surface area contributed by atoms with Crippen LogP contribution >= 0.6 is 0 Å². The lowest BCUT2D eigenvalue weighted by molar-refractivity contribution is 0.0217. The Balaban J connectivity index is 1.41. The molecule has 0 radical (unpaired) electrons. The van der Waals surface area contributed by atoms with Gasteiger partial charge in [-0.2, -0.15) is 0 Å². The molecule has 0 aliphatic carbocycles. The van der Waals surface area contributed by atoms with Crippen molar-refractivity contribution in [1.29, 1.82) is 0 Å². The number of hydrogen-bond acceptors (Lipinski definition) is 5. The van der Waals surface area contributed by atoms with Crippen molar-refractivity contribution in [3.63, 3.8) is 0 Å². The number of nitrogens with one attached hydrogen (secondary N) is 1. The van der Waals surface area contributed by atoms with Gasteiger partial charge in [-0.05, 0) is 76.0 Å². The van der Waals surface area contributed by atoms with Crippen molar-refractivity contribution in [2.75, 3.05) is 13.1 Å². The van der Waals surface area contributed by atoms with Crippen molar-refractivity contribution in [2.24, 2.45) is 5.92 Å². The first-order valence-corrected chi connectivity index (χ1v) is 9.81. The van der Waals surface area contributed by atoms with Crippen LogP contribution in [-0.2, 0) is 0 Å². The molecular weight excluding hydrogens is 354 g/mol. The Morgan fingerprint density at radius 1 is 1.11 bits per heavy atom. The Morgan fingerprint density at radius 3 is 2.46 bits per heavy atom. The fourth-order valence-corrected chi connectivity index (χ4v) is 4.26. The van der Waals surface area contributed by atoms with Crippen molar-refractivity contribution in [1.82, 2.24) is 15.2 Å². The normalized spacial score (nSPS) is 25.9. The van der Waals surface area contributed by atoms with Crippen LogP contribution in [0.25, 0.3) is 0 Å². The number of pyridine rings is 1. The summed E-state index contributed by atoms with van der Waals surface area (Å²) in [6.45, 7) is 5.99. The van der Waals surface area contributed by atoms with E-state index in [-0.39, 0.29) is 17.7 Å². The molecule has 0 spiro atoms. The third-order valence-electron chi connectivity index (χ3n) is 5.96. The highest BCUT2D eigenvalue weighted by molar-refractivity contribution is 5.95. The van der Waals surface area contributed by atoms with E-state index in [2.05, 4.69) is 22.1 Å². The lowest BCUT2D eigenvalue weighted by Gasteiger charge is -2.49. The zero-order valence-corrected chi connectivity index (χ0v) is 16.2. The molecule has 2 aromatic rings. The van der Waals surface area contributed by atoms with Crippen molar-refractivity contribution >= 4 is 11.7 Å². The molecule has 3 saturated heterocycles. The number of amides is 1. The Hall–Kier alpha value is -2.73. The van der Waals surface area contributed by atoms with Gasteiger partial charge in [0.15, 0.2) is 5.78 Å². The summed E-state index contributed by atoms with van der Waals surface area (Å²) in [5, 5.41) is 3.23. The number of Topliss-reactive ketones (excluding diaryl/α,β-unsaturated/α-hetero) is 1. The Kier molecular flexibility index (Phi) is 5.13. The zero-order valence-electron chi connectivity index (χ0n) is 16.2. The highest BCUT2D eigenvalue weighted by atomic mass is 16.5. The van der Waals surface area contributed by atoms with E-state index in [0.717, 1.165) is 25.9 Å². The molecule has 3 aliphatic rings. The van der Waals surface area contributed by atoms with Gasteiger partial charge in [0.2, 0.25) is 5.88 Å². The number of rotatable bonds is 5. The largest absolute Gasteiger partial charge is 0.439 e. The van der Waals surface area contributed by atoms with Crippen LogP contribution in [0.15, 0.2) is 42.6 Å². The molecule has 28 heavy (non-hydrogen) atoms. The van der Waals surface area contributed by atoms with Crippen LogP contribution in [0.3, 0.4) is 0 Å². The number of nitrogens with zero attached hydrogens (tertiary/aromatic N) is 2. The standard InChI is InChI=1S/C22H25N3O3/c1-14-21(16-8-11-25(14)12-9-16)24-22(27)17-3-5-19(6-4-17)28-20-13-18(15(2)26)7-10-23-20/h3-7,10,13-14,16,21H,8-9,11-12H2,1-2H3,(H,24,27)/t14-,21-/m0/s1. The second-order valence-electron chi connectivity index (χ2n) is 7.68. The topological polar surface area (TPSA) is 71.5 Å². The van der Waals surface area contributed by atoms with E-state index in [0.29, 0.717) is 34.7 Å². The van der Waals surface area contributed by atoms with Crippen LogP contribution in [0.5, 0.6) is 11.6 Å². The third-order valence-corrected chi connectivity index (χ3v) is 5.96. The van der Waals surface area contributed by atoms with E-state index in [1.165, 1.54) is 6.92 Å². The minimum absolute atomic E-state index is 0.0405. The highest BCUT2D eigenvalue weighted by Gasteiger charge is 2.40. The Morgan fingerprint density at radius 2 is 1.82 bits per heavy atom. The molecule has 1 aromatic heterocycles. The van der Waals surface area contributed by atoms with Crippen molar-refractivity contribution in [3.8, 4) is 11.6 Å². The summed E-state index contributed by atoms with van der Waals surface area (Å²) in [5.74, 6) is 1.41. The van der Waals surface area contributed by atoms with Gasteiger partial charge in [-0.15, -0.1) is 0 Å². The third kappa shape index (κ3) is 3.78. The molecule has 4 heterocycles. The van der Waals surface area contributed by atoms with Gasteiger partial charge in [0.05, 0.1) is 0 Å². The van der Waals surface area contributed by atoms with Gasteiger partial charge in [0.25, 0.3) is 5.91 Å². The number of fused-ring (bicyclic) bond motifs is 3. The highest BCUT2D eigenvalue weighted by Crippen LogP contribution is 2.32. The summed E-state index contributed by atoms with van der Waals surface area (Å²) in [7, 11) is 0. The van der Waals surface area contributed by atoms with Gasteiger partial charge >= 0.3 is 0 Å². The summed E-state index contributed by atoms with van der Waals surface area (Å²) < 4.78 is 5.71. The molecule has 3 fully saturated rings. The smallest absolute Gasteiger partial charge is 0.251 e. The number of carbonyl (C=O) groups excluding carboxylic acids is 2. The van der Waals surface area contributed by atoms with Crippen LogP contribution in [0.2, 0.25) is 0 Å². The van der Waals surface area contributed by atoms with Crippen LogP contribution < -0.4 is 10.1 Å². The van der Waals surface area contributed by atoms with Crippen LogP contribution in [0.4, 0.5) is 0 Å². The van der Waals surface area contributed by atoms with Crippen molar-refractivity contribution in [3.05, 3.63) is 53.7 Å². The van der Waals surface area contributed by atoms with Gasteiger partial charge in [-0.25, -0.2) is 4.98 Å². The molecule has 2 bridgehead atoms. The predicted molar refractivity (Wildman–Crippen MR) is 106 cm³/mol. The maximum Gasteiger partial charge on any atom is 0.251 e.